The molecule has 0 radical (unpaired) electrons. The van der Waals surface area contributed by atoms with Gasteiger partial charge in [0.2, 0.25) is 5.88 Å². The van der Waals surface area contributed by atoms with E-state index in [0.29, 0.717) is 24.1 Å². The molecule has 0 saturated carbocycles. The molecule has 0 unspecified atom stereocenters. The molecule has 4 rings (SSSR count). The van der Waals surface area contributed by atoms with Gasteiger partial charge < -0.3 is 9.57 Å². The number of benzene rings is 1. The number of carbonyl (C=O) groups is 3. The van der Waals surface area contributed by atoms with Gasteiger partial charge in [0.1, 0.15) is 0 Å². The fourth-order valence-electron chi connectivity index (χ4n) is 2.55. The highest BCUT2D eigenvalue weighted by Crippen LogP contribution is 2.24. The van der Waals surface area contributed by atoms with E-state index in [1.54, 1.807) is 16.8 Å². The van der Waals surface area contributed by atoms with Crippen molar-refractivity contribution in [3.8, 4) is 5.88 Å². The summed E-state index contributed by atoms with van der Waals surface area (Å²) in [6, 6.07) is 7.71. The van der Waals surface area contributed by atoms with E-state index in [9.17, 15) is 14.4 Å². The van der Waals surface area contributed by atoms with Crippen LogP contribution in [0.2, 0.25) is 0 Å². The number of aryl methyl sites for hydroxylation is 1. The molecule has 0 N–H and O–H groups in total. The number of ether oxygens (including phenoxy) is 1. The Morgan fingerprint density at radius 3 is 2.52 bits per heavy atom. The van der Waals surface area contributed by atoms with Gasteiger partial charge in [-0.1, -0.05) is 17.2 Å². The summed E-state index contributed by atoms with van der Waals surface area (Å²) in [5.41, 5.74) is 0.397. The van der Waals surface area contributed by atoms with Crippen molar-refractivity contribution in [1.82, 2.24) is 14.8 Å². The second kappa shape index (κ2) is 4.94. The molecule has 0 bridgehead atoms. The van der Waals surface area contributed by atoms with Crippen LogP contribution in [0.5, 0.6) is 5.88 Å². The van der Waals surface area contributed by atoms with Crippen molar-refractivity contribution in [2.24, 2.45) is 0 Å². The highest BCUT2D eigenvalue weighted by molar-refractivity contribution is 6.21. The summed E-state index contributed by atoms with van der Waals surface area (Å²) in [5.74, 6) is -1.76. The molecule has 1 aromatic heterocycles. The van der Waals surface area contributed by atoms with Crippen LogP contribution in [0.15, 0.2) is 30.3 Å². The van der Waals surface area contributed by atoms with E-state index in [2.05, 4.69) is 5.10 Å². The van der Waals surface area contributed by atoms with Gasteiger partial charge in [-0.25, -0.2) is 9.48 Å². The number of hydrogen-bond donors (Lipinski definition) is 0. The van der Waals surface area contributed by atoms with Crippen molar-refractivity contribution in [2.45, 2.75) is 13.0 Å². The number of rotatable bonds is 2. The third kappa shape index (κ3) is 2.07. The molecule has 0 fully saturated rings. The Balaban J connectivity index is 1.57. The van der Waals surface area contributed by atoms with Crippen LogP contribution in [0.4, 0.5) is 0 Å². The van der Waals surface area contributed by atoms with Gasteiger partial charge in [0.15, 0.2) is 5.69 Å². The first-order valence-electron chi connectivity index (χ1n) is 7.06. The first kappa shape index (κ1) is 13.5. The van der Waals surface area contributed by atoms with Crippen molar-refractivity contribution in [2.75, 3.05) is 6.61 Å². The van der Waals surface area contributed by atoms with Crippen LogP contribution >= 0.6 is 0 Å². The smallest absolute Gasteiger partial charge is 0.384 e. The minimum absolute atomic E-state index is 0.0153. The lowest BCUT2D eigenvalue weighted by Gasteiger charge is -2.13. The zero-order valence-corrected chi connectivity index (χ0v) is 11.9. The molecule has 2 amide bonds. The van der Waals surface area contributed by atoms with Gasteiger partial charge in [-0.05, 0) is 12.1 Å². The second-order valence-electron chi connectivity index (χ2n) is 5.12. The minimum atomic E-state index is -0.884. The molecule has 23 heavy (non-hydrogen) atoms. The molecule has 2 aromatic rings. The van der Waals surface area contributed by atoms with Gasteiger partial charge in [0.05, 0.1) is 17.7 Å². The van der Waals surface area contributed by atoms with Crippen LogP contribution in [0.1, 0.15) is 37.6 Å². The summed E-state index contributed by atoms with van der Waals surface area (Å²) in [4.78, 5) is 41.4. The Bertz CT molecular complexity index is 783. The zero-order chi connectivity index (χ0) is 16.0. The van der Waals surface area contributed by atoms with Crippen LogP contribution in [0.3, 0.4) is 0 Å². The van der Waals surface area contributed by atoms with Crippen LogP contribution in [0.25, 0.3) is 0 Å². The number of aromatic nitrogens is 2. The van der Waals surface area contributed by atoms with Gasteiger partial charge in [-0.2, -0.15) is 5.10 Å². The molecule has 0 spiro atoms. The standard InChI is InChI=1S/C15H11N3O5/c19-13-9-4-1-2-5-10(9)14(20)18(13)23-15(21)11-8-12-17(16-11)6-3-7-22-12/h1-2,4-5,8H,3,6-7H2. The lowest BCUT2D eigenvalue weighted by molar-refractivity contribution is -0.0589. The molecule has 116 valence electrons. The summed E-state index contributed by atoms with van der Waals surface area (Å²) in [7, 11) is 0. The summed E-state index contributed by atoms with van der Waals surface area (Å²) < 4.78 is 6.91. The zero-order valence-electron chi connectivity index (χ0n) is 11.9. The largest absolute Gasteiger partial charge is 0.478 e. The van der Waals surface area contributed by atoms with E-state index >= 15 is 0 Å². The topological polar surface area (TPSA) is 90.7 Å². The molecule has 1 aromatic carbocycles. The first-order chi connectivity index (χ1) is 11.1. The summed E-state index contributed by atoms with van der Waals surface area (Å²) in [5, 5.41) is 4.52. The van der Waals surface area contributed by atoms with Crippen molar-refractivity contribution >= 4 is 17.8 Å². The molecule has 0 saturated heterocycles. The van der Waals surface area contributed by atoms with E-state index in [0.717, 1.165) is 6.42 Å². The number of fused-ring (bicyclic) bond motifs is 2. The predicted octanol–water partition coefficient (Wildman–Crippen LogP) is 1.03. The number of hydroxylamine groups is 2. The van der Waals surface area contributed by atoms with Gasteiger partial charge in [-0.3, -0.25) is 9.59 Å². The number of imide groups is 1. The Labute approximate surface area is 130 Å². The molecule has 0 aliphatic carbocycles. The predicted molar refractivity (Wildman–Crippen MR) is 74.7 cm³/mol. The van der Waals surface area contributed by atoms with Gasteiger partial charge in [0.25, 0.3) is 11.8 Å². The number of amides is 2. The maximum Gasteiger partial charge on any atom is 0.384 e. The maximum atomic E-state index is 12.2. The molecule has 2 aliphatic rings. The van der Waals surface area contributed by atoms with Crippen molar-refractivity contribution in [1.29, 1.82) is 0 Å². The summed E-state index contributed by atoms with van der Waals surface area (Å²) in [6.45, 7) is 1.19. The number of hydrogen-bond acceptors (Lipinski definition) is 6. The highest BCUT2D eigenvalue weighted by atomic mass is 16.7. The average molecular weight is 313 g/mol. The molecule has 0 atom stereocenters. The SMILES string of the molecule is O=C(ON1C(=O)c2ccccc2C1=O)c1cc2n(n1)CCCO2. The van der Waals surface area contributed by atoms with E-state index in [1.165, 1.54) is 18.2 Å². The summed E-state index contributed by atoms with van der Waals surface area (Å²) >= 11 is 0. The average Bonchev–Trinajstić information content (AvgIpc) is 3.11. The number of carbonyl (C=O) groups excluding carboxylic acids is 3. The van der Waals surface area contributed by atoms with Crippen molar-refractivity contribution in [3.05, 3.63) is 47.2 Å². The molecule has 2 aliphatic heterocycles. The Kier molecular flexibility index (Phi) is 2.90. The Hall–Kier alpha value is -3.16. The van der Waals surface area contributed by atoms with E-state index in [1.807, 2.05) is 0 Å². The fourth-order valence-corrected chi connectivity index (χ4v) is 2.55. The highest BCUT2D eigenvalue weighted by Gasteiger charge is 2.39. The molecule has 8 nitrogen and oxygen atoms in total. The lowest BCUT2D eigenvalue weighted by atomic mass is 10.1. The van der Waals surface area contributed by atoms with E-state index < -0.39 is 17.8 Å². The monoisotopic (exact) mass is 313 g/mol. The van der Waals surface area contributed by atoms with Gasteiger partial charge in [0, 0.05) is 19.0 Å². The van der Waals surface area contributed by atoms with Crippen molar-refractivity contribution in [3.63, 3.8) is 0 Å². The fraction of sp³-hybridized carbons (Fsp3) is 0.200. The molecular formula is C15H11N3O5. The first-order valence-corrected chi connectivity index (χ1v) is 7.06. The lowest BCUT2D eigenvalue weighted by Crippen LogP contribution is -2.32. The summed E-state index contributed by atoms with van der Waals surface area (Å²) in [6.07, 6.45) is 0.793. The second-order valence-corrected chi connectivity index (χ2v) is 5.12. The minimum Gasteiger partial charge on any atom is -0.478 e. The van der Waals surface area contributed by atoms with E-state index in [4.69, 9.17) is 9.57 Å². The third-order valence-electron chi connectivity index (χ3n) is 3.65. The van der Waals surface area contributed by atoms with Crippen molar-refractivity contribution < 1.29 is 24.0 Å². The molecule has 8 heteroatoms. The maximum absolute atomic E-state index is 12.2. The van der Waals surface area contributed by atoms with Gasteiger partial charge >= 0.3 is 5.97 Å². The van der Waals surface area contributed by atoms with Crippen LogP contribution in [0, 0.1) is 0 Å². The van der Waals surface area contributed by atoms with Crippen LogP contribution in [-0.4, -0.2) is 39.2 Å². The molecule has 3 heterocycles. The normalized spacial score (nSPS) is 15.9. The Morgan fingerprint density at radius 2 is 1.87 bits per heavy atom. The van der Waals surface area contributed by atoms with Crippen LogP contribution in [-0.2, 0) is 11.4 Å². The number of nitrogens with zero attached hydrogens (tertiary/aromatic N) is 3. The molecular weight excluding hydrogens is 302 g/mol. The van der Waals surface area contributed by atoms with E-state index in [-0.39, 0.29) is 16.8 Å². The quantitative estimate of drug-likeness (QED) is 0.769. The van der Waals surface area contributed by atoms with Gasteiger partial charge in [-0.15, -0.1) is 0 Å². The third-order valence-corrected chi connectivity index (χ3v) is 3.65. The Morgan fingerprint density at radius 1 is 1.17 bits per heavy atom. The van der Waals surface area contributed by atoms with Crippen LogP contribution < -0.4 is 4.74 Å².